The zero-order valence-electron chi connectivity index (χ0n) is 19.8. The van der Waals surface area contributed by atoms with Gasteiger partial charge in [-0.1, -0.05) is 19.3 Å². The lowest BCUT2D eigenvalue weighted by Crippen LogP contribution is -2.40. The molecule has 1 atom stereocenters. The molecule has 2 aromatic rings. The molecule has 1 saturated carbocycles. The minimum Gasteiger partial charge on any atom is -0.296 e. The molecule has 1 aliphatic carbocycles. The van der Waals surface area contributed by atoms with Gasteiger partial charge in [0.25, 0.3) is 0 Å². The average Bonchev–Trinajstić information content (AvgIpc) is 3.36. The molecule has 32 heavy (non-hydrogen) atoms. The third kappa shape index (κ3) is 4.19. The molecule has 2 fully saturated rings. The van der Waals surface area contributed by atoms with E-state index in [0.717, 1.165) is 61.9 Å². The highest BCUT2D eigenvalue weighted by Crippen LogP contribution is 2.36. The molecule has 3 aliphatic rings. The molecule has 4 heterocycles. The number of carbonyl (C=O) groups is 1. The summed E-state index contributed by atoms with van der Waals surface area (Å²) in [4.78, 5) is 27.6. The summed E-state index contributed by atoms with van der Waals surface area (Å²) in [6.45, 7) is 6.92. The number of likely N-dealkylation sites (tertiary alicyclic amines) is 1. The van der Waals surface area contributed by atoms with E-state index in [1.54, 1.807) is 0 Å². The van der Waals surface area contributed by atoms with E-state index in [0.29, 0.717) is 12.3 Å². The molecule has 0 aromatic carbocycles. The Bertz CT molecular complexity index is 993. The van der Waals surface area contributed by atoms with Crippen LogP contribution in [-0.2, 0) is 24.8 Å². The smallest absolute Gasteiger partial charge is 0.228 e. The van der Waals surface area contributed by atoms with Crippen LogP contribution in [0.15, 0.2) is 6.20 Å². The van der Waals surface area contributed by atoms with Crippen LogP contribution in [0.25, 0.3) is 0 Å². The van der Waals surface area contributed by atoms with Crippen LogP contribution in [0.4, 0.5) is 5.82 Å². The molecule has 7 heteroatoms. The summed E-state index contributed by atoms with van der Waals surface area (Å²) in [6.07, 6.45) is 12.1. The van der Waals surface area contributed by atoms with Crippen molar-refractivity contribution in [2.45, 2.75) is 84.2 Å². The quantitative estimate of drug-likeness (QED) is 0.708. The van der Waals surface area contributed by atoms with Crippen LogP contribution in [0.1, 0.15) is 85.7 Å². The van der Waals surface area contributed by atoms with Gasteiger partial charge in [-0.25, -0.2) is 9.97 Å². The van der Waals surface area contributed by atoms with Crippen molar-refractivity contribution in [1.29, 1.82) is 0 Å². The Labute approximate surface area is 191 Å². The number of amides is 1. The van der Waals surface area contributed by atoms with Gasteiger partial charge in [-0.3, -0.25) is 19.3 Å². The number of rotatable bonds is 5. The van der Waals surface area contributed by atoms with Gasteiger partial charge in [0, 0.05) is 49.6 Å². The standard InChI is InChI=1S/C25H36N6O/c1-17-20(15-29(3)28-17)16-30-13-7-10-22(30)24-26-18(2)21-11-12-23(32)31(25(21)27-24)14-19-8-5-4-6-9-19/h15,19,22H,4-14,16H2,1-3H3/t22-/m0/s1. The maximum absolute atomic E-state index is 13.0. The number of anilines is 1. The Kier molecular flexibility index (Phi) is 6.01. The number of nitrogens with zero attached hydrogens (tertiary/aromatic N) is 6. The first-order valence-electron chi connectivity index (χ1n) is 12.4. The zero-order chi connectivity index (χ0) is 22.2. The molecule has 1 saturated heterocycles. The van der Waals surface area contributed by atoms with E-state index in [2.05, 4.69) is 30.0 Å². The first-order chi connectivity index (χ1) is 15.5. The fraction of sp³-hybridized carbons (Fsp3) is 0.680. The second-order valence-corrected chi connectivity index (χ2v) is 10.0. The van der Waals surface area contributed by atoms with Gasteiger partial charge in [0.1, 0.15) is 11.6 Å². The van der Waals surface area contributed by atoms with Crippen LogP contribution < -0.4 is 4.90 Å². The molecular weight excluding hydrogens is 400 g/mol. The SMILES string of the molecule is Cc1nn(C)cc1CN1CCC[C@H]1c1nc(C)c2c(n1)N(CC1CCCCC1)C(=O)CC2. The Hall–Kier alpha value is -2.28. The summed E-state index contributed by atoms with van der Waals surface area (Å²) in [5, 5.41) is 4.51. The highest BCUT2D eigenvalue weighted by molar-refractivity contribution is 5.95. The normalized spacial score (nSPS) is 22.5. The van der Waals surface area contributed by atoms with E-state index in [9.17, 15) is 4.79 Å². The molecule has 0 unspecified atom stereocenters. The summed E-state index contributed by atoms with van der Waals surface area (Å²) in [5.74, 6) is 2.64. The highest BCUT2D eigenvalue weighted by atomic mass is 16.2. The summed E-state index contributed by atoms with van der Waals surface area (Å²) in [5.41, 5.74) is 4.58. The van der Waals surface area contributed by atoms with Crippen LogP contribution >= 0.6 is 0 Å². The number of hydrogen-bond acceptors (Lipinski definition) is 5. The Morgan fingerprint density at radius 2 is 1.81 bits per heavy atom. The first-order valence-corrected chi connectivity index (χ1v) is 12.4. The zero-order valence-corrected chi connectivity index (χ0v) is 19.8. The minimum atomic E-state index is 0.201. The van der Waals surface area contributed by atoms with Crippen molar-refractivity contribution in [3.63, 3.8) is 0 Å². The topological polar surface area (TPSA) is 67.2 Å². The van der Waals surface area contributed by atoms with Crippen molar-refractivity contribution in [3.8, 4) is 0 Å². The lowest BCUT2D eigenvalue weighted by molar-refractivity contribution is -0.119. The molecular formula is C25H36N6O. The van der Waals surface area contributed by atoms with Crippen molar-refractivity contribution in [2.75, 3.05) is 18.0 Å². The molecule has 1 amide bonds. The van der Waals surface area contributed by atoms with Crippen LogP contribution in [0.3, 0.4) is 0 Å². The Balaban J connectivity index is 1.43. The van der Waals surface area contributed by atoms with Crippen molar-refractivity contribution in [2.24, 2.45) is 13.0 Å². The predicted molar refractivity (Wildman–Crippen MR) is 124 cm³/mol. The van der Waals surface area contributed by atoms with E-state index in [4.69, 9.17) is 9.97 Å². The summed E-state index contributed by atoms with van der Waals surface area (Å²) >= 11 is 0. The fourth-order valence-electron chi connectivity index (χ4n) is 5.90. The van der Waals surface area contributed by atoms with Gasteiger partial charge in [-0.2, -0.15) is 5.10 Å². The van der Waals surface area contributed by atoms with Crippen molar-refractivity contribution in [1.82, 2.24) is 24.6 Å². The lowest BCUT2D eigenvalue weighted by Gasteiger charge is -2.34. The van der Waals surface area contributed by atoms with Gasteiger partial charge >= 0.3 is 0 Å². The van der Waals surface area contributed by atoms with Crippen molar-refractivity contribution < 1.29 is 4.79 Å². The molecule has 0 spiro atoms. The number of aryl methyl sites for hydroxylation is 3. The van der Waals surface area contributed by atoms with Gasteiger partial charge in [0.2, 0.25) is 5.91 Å². The Morgan fingerprint density at radius 3 is 2.56 bits per heavy atom. The molecule has 2 aliphatic heterocycles. The predicted octanol–water partition coefficient (Wildman–Crippen LogP) is 4.02. The second-order valence-electron chi connectivity index (χ2n) is 10.0. The largest absolute Gasteiger partial charge is 0.296 e. The first kappa shape index (κ1) is 21.6. The van der Waals surface area contributed by atoms with Gasteiger partial charge in [0.05, 0.1) is 11.7 Å². The van der Waals surface area contributed by atoms with Gasteiger partial charge < -0.3 is 0 Å². The van der Waals surface area contributed by atoms with Gasteiger partial charge in [-0.15, -0.1) is 0 Å². The molecule has 7 nitrogen and oxygen atoms in total. The van der Waals surface area contributed by atoms with E-state index >= 15 is 0 Å². The monoisotopic (exact) mass is 436 g/mol. The number of hydrogen-bond donors (Lipinski definition) is 0. The molecule has 172 valence electrons. The van der Waals surface area contributed by atoms with Crippen LogP contribution in [0, 0.1) is 19.8 Å². The van der Waals surface area contributed by atoms with E-state index in [-0.39, 0.29) is 11.9 Å². The maximum atomic E-state index is 13.0. The number of carbonyl (C=O) groups excluding carboxylic acids is 1. The second kappa shape index (κ2) is 8.93. The summed E-state index contributed by atoms with van der Waals surface area (Å²) in [6, 6.07) is 0.201. The highest BCUT2D eigenvalue weighted by Gasteiger charge is 2.34. The molecule has 0 N–H and O–H groups in total. The lowest BCUT2D eigenvalue weighted by atomic mass is 9.88. The third-order valence-electron chi connectivity index (χ3n) is 7.67. The molecule has 0 bridgehead atoms. The van der Waals surface area contributed by atoms with E-state index < -0.39 is 0 Å². The minimum absolute atomic E-state index is 0.201. The third-order valence-corrected chi connectivity index (χ3v) is 7.67. The number of aromatic nitrogens is 4. The molecule has 0 radical (unpaired) electrons. The van der Waals surface area contributed by atoms with Crippen molar-refractivity contribution in [3.05, 3.63) is 34.5 Å². The van der Waals surface area contributed by atoms with Crippen LogP contribution in [-0.4, -0.2) is 43.6 Å². The summed E-state index contributed by atoms with van der Waals surface area (Å²) < 4.78 is 1.89. The Morgan fingerprint density at radius 1 is 1.00 bits per heavy atom. The fourth-order valence-corrected chi connectivity index (χ4v) is 5.90. The molecule has 2 aromatic heterocycles. The van der Waals surface area contributed by atoms with E-state index in [1.165, 1.54) is 43.2 Å². The van der Waals surface area contributed by atoms with Crippen molar-refractivity contribution >= 4 is 11.7 Å². The van der Waals surface area contributed by atoms with Gasteiger partial charge in [-0.05, 0) is 58.4 Å². The maximum Gasteiger partial charge on any atom is 0.228 e. The van der Waals surface area contributed by atoms with Crippen LogP contribution in [0.5, 0.6) is 0 Å². The van der Waals surface area contributed by atoms with E-state index in [1.807, 2.05) is 16.6 Å². The van der Waals surface area contributed by atoms with Crippen LogP contribution in [0.2, 0.25) is 0 Å². The van der Waals surface area contributed by atoms with Gasteiger partial charge in [0.15, 0.2) is 0 Å². The molecule has 5 rings (SSSR count). The average molecular weight is 437 g/mol. The number of fused-ring (bicyclic) bond motifs is 1. The summed E-state index contributed by atoms with van der Waals surface area (Å²) in [7, 11) is 1.98.